The molecule has 3 nitrogen and oxygen atoms in total. The zero-order chi connectivity index (χ0) is 15.2. The van der Waals surface area contributed by atoms with E-state index in [1.165, 1.54) is 11.1 Å². The van der Waals surface area contributed by atoms with Gasteiger partial charge in [-0.05, 0) is 41.6 Å². The molecule has 0 radical (unpaired) electrons. The number of nitrogens with two attached hydrogens (primary N) is 1. The first kappa shape index (κ1) is 16.1. The van der Waals surface area contributed by atoms with Crippen LogP contribution in [0, 0.1) is 3.57 Å². The molecule has 0 aliphatic heterocycles. The number of hydrogen-bond donors (Lipinski definition) is 1. The van der Waals surface area contributed by atoms with Gasteiger partial charge in [-0.3, -0.25) is 0 Å². The third kappa shape index (κ3) is 4.11. The van der Waals surface area contributed by atoms with Crippen LogP contribution in [0.2, 0.25) is 0 Å². The maximum Gasteiger partial charge on any atom is 0.174 e. The summed E-state index contributed by atoms with van der Waals surface area (Å²) >= 11 is 2.28. The van der Waals surface area contributed by atoms with Gasteiger partial charge in [-0.2, -0.15) is 0 Å². The molecule has 4 heteroatoms. The van der Waals surface area contributed by atoms with Crippen LogP contribution in [0.4, 0.5) is 0 Å². The van der Waals surface area contributed by atoms with Crippen LogP contribution in [0.3, 0.4) is 0 Å². The minimum absolute atomic E-state index is 0.428. The molecule has 0 fully saturated rings. The lowest BCUT2D eigenvalue weighted by Gasteiger charge is -2.14. The molecule has 0 spiro atoms. The molecule has 2 aromatic rings. The van der Waals surface area contributed by atoms with Gasteiger partial charge in [-0.15, -0.1) is 0 Å². The Bertz CT molecular complexity index is 587. The van der Waals surface area contributed by atoms with E-state index in [2.05, 4.69) is 71.2 Å². The Balaban J connectivity index is 2.08. The van der Waals surface area contributed by atoms with E-state index in [-0.39, 0.29) is 0 Å². The van der Waals surface area contributed by atoms with Crippen molar-refractivity contribution in [3.8, 4) is 11.5 Å². The smallest absolute Gasteiger partial charge is 0.174 e. The average Bonchev–Trinajstić information content (AvgIpc) is 2.52. The van der Waals surface area contributed by atoms with Gasteiger partial charge in [0.15, 0.2) is 11.5 Å². The van der Waals surface area contributed by atoms with Crippen LogP contribution in [0.5, 0.6) is 11.5 Å². The Morgan fingerprint density at radius 3 is 2.43 bits per heavy atom. The van der Waals surface area contributed by atoms with Gasteiger partial charge >= 0.3 is 0 Å². The van der Waals surface area contributed by atoms with Crippen molar-refractivity contribution in [1.82, 2.24) is 0 Å². The highest BCUT2D eigenvalue weighted by atomic mass is 127. The Kier molecular flexibility index (Phi) is 5.87. The van der Waals surface area contributed by atoms with Gasteiger partial charge in [-0.1, -0.05) is 30.3 Å². The van der Waals surface area contributed by atoms with Gasteiger partial charge in [0, 0.05) is 11.1 Å². The van der Waals surface area contributed by atoms with Crippen molar-refractivity contribution < 1.29 is 14.8 Å². The molecule has 0 heterocycles. The topological polar surface area (TPSA) is 35.1 Å². The minimum atomic E-state index is 0.428. The van der Waals surface area contributed by atoms with E-state index in [0.717, 1.165) is 21.6 Å². The molecule has 2 N–H and O–H groups in total. The molecule has 0 aliphatic carbocycles. The van der Waals surface area contributed by atoms with Crippen molar-refractivity contribution in [3.63, 3.8) is 0 Å². The third-order valence-corrected chi connectivity index (χ3v) is 4.33. The normalized spacial score (nSPS) is 12.0. The van der Waals surface area contributed by atoms with Gasteiger partial charge in [0.25, 0.3) is 0 Å². The van der Waals surface area contributed by atoms with Crippen molar-refractivity contribution in [1.29, 1.82) is 0 Å². The summed E-state index contributed by atoms with van der Waals surface area (Å²) in [7, 11) is 3.34. The first-order chi connectivity index (χ1) is 10.2. The van der Waals surface area contributed by atoms with Crippen molar-refractivity contribution in [3.05, 3.63) is 57.2 Å². The largest absolute Gasteiger partial charge is 0.493 e. The van der Waals surface area contributed by atoms with Gasteiger partial charge < -0.3 is 14.8 Å². The second-order valence-electron chi connectivity index (χ2n) is 4.95. The molecular formula is C17H21INO2+. The molecule has 112 valence electrons. The molecule has 0 bridgehead atoms. The highest BCUT2D eigenvalue weighted by molar-refractivity contribution is 14.1. The summed E-state index contributed by atoms with van der Waals surface area (Å²) in [5.41, 5.74) is 2.58. The first-order valence-electron chi connectivity index (χ1n) is 6.94. The fraction of sp³-hybridized carbons (Fsp3) is 0.294. The van der Waals surface area contributed by atoms with E-state index >= 15 is 0 Å². The second kappa shape index (κ2) is 7.66. The fourth-order valence-corrected chi connectivity index (χ4v) is 3.18. The Hall–Kier alpha value is -1.27. The van der Waals surface area contributed by atoms with Crippen molar-refractivity contribution in [2.24, 2.45) is 0 Å². The highest BCUT2D eigenvalue weighted by Gasteiger charge is 2.13. The van der Waals surface area contributed by atoms with Gasteiger partial charge in [0.2, 0.25) is 0 Å². The first-order valence-corrected chi connectivity index (χ1v) is 8.02. The van der Waals surface area contributed by atoms with Crippen LogP contribution >= 0.6 is 22.6 Å². The lowest BCUT2D eigenvalue weighted by atomic mass is 10.1. The summed E-state index contributed by atoms with van der Waals surface area (Å²) in [5.74, 6) is 1.60. The number of benzene rings is 2. The molecule has 0 unspecified atom stereocenters. The van der Waals surface area contributed by atoms with Crippen LogP contribution < -0.4 is 14.8 Å². The number of halogens is 1. The molecule has 1 atom stereocenters. The lowest BCUT2D eigenvalue weighted by molar-refractivity contribution is -0.707. The van der Waals surface area contributed by atoms with E-state index in [1.807, 2.05) is 6.07 Å². The summed E-state index contributed by atoms with van der Waals surface area (Å²) < 4.78 is 11.9. The molecule has 0 aliphatic rings. The molecule has 0 saturated carbocycles. The molecule has 2 rings (SSSR count). The van der Waals surface area contributed by atoms with Crippen molar-refractivity contribution in [2.75, 3.05) is 14.2 Å². The molecule has 0 aromatic heterocycles. The number of quaternary nitrogens is 1. The van der Waals surface area contributed by atoms with E-state index < -0.39 is 0 Å². The van der Waals surface area contributed by atoms with Crippen LogP contribution in [-0.2, 0) is 6.54 Å². The molecular weight excluding hydrogens is 377 g/mol. The zero-order valence-corrected chi connectivity index (χ0v) is 14.8. The van der Waals surface area contributed by atoms with Gasteiger partial charge in [0.1, 0.15) is 12.6 Å². The van der Waals surface area contributed by atoms with Crippen LogP contribution in [0.25, 0.3) is 0 Å². The second-order valence-corrected chi connectivity index (χ2v) is 6.11. The minimum Gasteiger partial charge on any atom is -0.493 e. The van der Waals surface area contributed by atoms with E-state index in [0.29, 0.717) is 6.04 Å². The van der Waals surface area contributed by atoms with Crippen LogP contribution in [-0.4, -0.2) is 14.2 Å². The summed E-state index contributed by atoms with van der Waals surface area (Å²) in [6.45, 7) is 3.13. The fourth-order valence-electron chi connectivity index (χ4n) is 2.29. The maximum atomic E-state index is 5.41. The van der Waals surface area contributed by atoms with Crippen LogP contribution in [0.1, 0.15) is 24.1 Å². The lowest BCUT2D eigenvalue weighted by Crippen LogP contribution is -2.83. The molecule has 0 amide bonds. The summed E-state index contributed by atoms with van der Waals surface area (Å²) in [6, 6.07) is 15.2. The Morgan fingerprint density at radius 1 is 1.10 bits per heavy atom. The van der Waals surface area contributed by atoms with Gasteiger partial charge in [-0.25, -0.2) is 0 Å². The van der Waals surface area contributed by atoms with Gasteiger partial charge in [0.05, 0.1) is 17.8 Å². The summed E-state index contributed by atoms with van der Waals surface area (Å²) in [5, 5.41) is 2.33. The number of ether oxygens (including phenoxy) is 2. The molecule has 21 heavy (non-hydrogen) atoms. The highest BCUT2D eigenvalue weighted by Crippen LogP contribution is 2.33. The Labute approximate surface area is 139 Å². The standard InChI is InChI=1S/C17H20INO2/c1-12(14-7-5-4-6-8-14)19-11-13-9-15(18)17(21-3)16(10-13)20-2/h4-10,12,19H,11H2,1-3H3/p+1/t12-/m1/s1. The predicted octanol–water partition coefficient (Wildman–Crippen LogP) is 3.13. The number of hydrogen-bond acceptors (Lipinski definition) is 2. The van der Waals surface area contributed by atoms with E-state index in [9.17, 15) is 0 Å². The third-order valence-electron chi connectivity index (χ3n) is 3.53. The monoisotopic (exact) mass is 398 g/mol. The van der Waals surface area contributed by atoms with E-state index in [1.54, 1.807) is 14.2 Å². The van der Waals surface area contributed by atoms with Crippen molar-refractivity contribution in [2.45, 2.75) is 19.5 Å². The maximum absolute atomic E-state index is 5.41. The Morgan fingerprint density at radius 2 is 1.81 bits per heavy atom. The summed E-state index contributed by atoms with van der Waals surface area (Å²) in [4.78, 5) is 0. The molecule has 0 saturated heterocycles. The average molecular weight is 398 g/mol. The quantitative estimate of drug-likeness (QED) is 0.759. The van der Waals surface area contributed by atoms with Crippen LogP contribution in [0.15, 0.2) is 42.5 Å². The number of methoxy groups -OCH3 is 2. The SMILES string of the molecule is COc1cc(C[NH2+][C@H](C)c2ccccc2)cc(I)c1OC. The summed E-state index contributed by atoms with van der Waals surface area (Å²) in [6.07, 6.45) is 0. The predicted molar refractivity (Wildman–Crippen MR) is 92.7 cm³/mol. The van der Waals surface area contributed by atoms with Crippen molar-refractivity contribution >= 4 is 22.6 Å². The number of rotatable bonds is 6. The van der Waals surface area contributed by atoms with E-state index in [4.69, 9.17) is 9.47 Å². The molecule has 2 aromatic carbocycles. The zero-order valence-electron chi connectivity index (χ0n) is 12.6.